The van der Waals surface area contributed by atoms with Crippen molar-refractivity contribution in [3.63, 3.8) is 0 Å². The molecule has 1 aliphatic heterocycles. The van der Waals surface area contributed by atoms with E-state index in [9.17, 15) is 18.8 Å². The molecule has 8 nitrogen and oxygen atoms in total. The Morgan fingerprint density at radius 2 is 1.66 bits per heavy atom. The van der Waals surface area contributed by atoms with E-state index in [1.54, 1.807) is 31.0 Å². The van der Waals surface area contributed by atoms with Gasteiger partial charge in [-0.25, -0.2) is 4.39 Å². The van der Waals surface area contributed by atoms with Gasteiger partial charge in [-0.3, -0.25) is 19.3 Å². The topological polar surface area (TPSA) is 93.8 Å². The Kier molecular flexibility index (Phi) is 10.8. The predicted octanol–water partition coefficient (Wildman–Crippen LogP) is 1.95. The number of carbonyl (C=O) groups is 3. The second-order valence-corrected chi connectivity index (χ2v) is 10.2. The molecule has 38 heavy (non-hydrogen) atoms. The smallest absolute Gasteiger partial charge is 0.246 e. The maximum Gasteiger partial charge on any atom is 0.246 e. The van der Waals surface area contributed by atoms with Gasteiger partial charge in [0.05, 0.1) is 6.04 Å². The summed E-state index contributed by atoms with van der Waals surface area (Å²) in [6.07, 6.45) is 0.549. The molecular weight excluding hydrogens is 485 g/mol. The molecule has 206 valence electrons. The van der Waals surface area contributed by atoms with Crippen molar-refractivity contribution in [2.24, 2.45) is 5.92 Å². The van der Waals surface area contributed by atoms with E-state index in [1.165, 1.54) is 12.1 Å². The molecule has 0 spiro atoms. The van der Waals surface area contributed by atoms with E-state index in [1.807, 2.05) is 44.2 Å². The lowest BCUT2D eigenvalue weighted by Crippen LogP contribution is -2.64. The molecule has 3 N–H and O–H groups in total. The summed E-state index contributed by atoms with van der Waals surface area (Å²) in [6, 6.07) is 14.3. The normalized spacial score (nSPS) is 17.6. The molecule has 1 heterocycles. The molecule has 0 saturated carbocycles. The number of hydrogen-bond acceptors (Lipinski definition) is 5. The molecule has 2 aromatic carbocycles. The molecule has 1 fully saturated rings. The summed E-state index contributed by atoms with van der Waals surface area (Å²) in [5.74, 6) is -1.21. The maximum atomic E-state index is 13.7. The van der Waals surface area contributed by atoms with Crippen molar-refractivity contribution < 1.29 is 18.8 Å². The van der Waals surface area contributed by atoms with Crippen LogP contribution in [0.15, 0.2) is 54.6 Å². The van der Waals surface area contributed by atoms with E-state index in [2.05, 4.69) is 20.9 Å². The number of halogens is 1. The average molecular weight is 526 g/mol. The average Bonchev–Trinajstić information content (AvgIpc) is 2.92. The van der Waals surface area contributed by atoms with Crippen LogP contribution >= 0.6 is 0 Å². The third-order valence-corrected chi connectivity index (χ3v) is 6.98. The minimum Gasteiger partial charge on any atom is -0.354 e. The molecule has 0 bridgehead atoms. The largest absolute Gasteiger partial charge is 0.354 e. The SMILES string of the molecule is CN[C@@H](C)C(=O)N[C@H](C(=O)N1CCN(Cc2ccccc2)C[C@H]1C(=O)NCCc1ccc(F)cc1)C(C)C. The van der Waals surface area contributed by atoms with Gasteiger partial charge in [-0.05, 0) is 49.6 Å². The standard InChI is InChI=1S/C29H40FN5O3/c1-20(2)26(33-27(36)21(3)31-4)29(38)35-17-16-34(18-23-8-6-5-7-9-23)19-25(35)28(37)32-15-14-22-10-12-24(30)13-11-22/h5-13,20-21,25-26,31H,14-19H2,1-4H3,(H,32,37)(H,33,36)/t21-,25-,26-/m0/s1. The highest BCUT2D eigenvalue weighted by Crippen LogP contribution is 2.17. The van der Waals surface area contributed by atoms with Crippen LogP contribution < -0.4 is 16.0 Å². The molecule has 0 aliphatic carbocycles. The minimum atomic E-state index is -0.742. The number of hydrogen-bond donors (Lipinski definition) is 3. The lowest BCUT2D eigenvalue weighted by atomic mass is 9.99. The van der Waals surface area contributed by atoms with Gasteiger partial charge in [-0.2, -0.15) is 0 Å². The van der Waals surface area contributed by atoms with E-state index in [0.717, 1.165) is 11.1 Å². The summed E-state index contributed by atoms with van der Waals surface area (Å²) >= 11 is 0. The van der Waals surface area contributed by atoms with Crippen molar-refractivity contribution in [2.75, 3.05) is 33.2 Å². The number of nitrogens with zero attached hydrogens (tertiary/aromatic N) is 2. The van der Waals surface area contributed by atoms with E-state index in [4.69, 9.17) is 0 Å². The van der Waals surface area contributed by atoms with Crippen LogP contribution in [0.5, 0.6) is 0 Å². The molecule has 0 unspecified atom stereocenters. The van der Waals surface area contributed by atoms with Crippen LogP contribution in [0.4, 0.5) is 4.39 Å². The van der Waals surface area contributed by atoms with Crippen LogP contribution in [0.25, 0.3) is 0 Å². The molecule has 1 aliphatic rings. The van der Waals surface area contributed by atoms with E-state index in [-0.39, 0.29) is 29.5 Å². The maximum absolute atomic E-state index is 13.7. The summed E-state index contributed by atoms with van der Waals surface area (Å²) in [5, 5.41) is 8.74. The molecule has 3 rings (SSSR count). The summed E-state index contributed by atoms with van der Waals surface area (Å²) in [7, 11) is 1.69. The van der Waals surface area contributed by atoms with Crippen molar-refractivity contribution in [1.82, 2.24) is 25.8 Å². The van der Waals surface area contributed by atoms with Crippen molar-refractivity contribution in [1.29, 1.82) is 0 Å². The molecule has 9 heteroatoms. The van der Waals surface area contributed by atoms with E-state index >= 15 is 0 Å². The summed E-state index contributed by atoms with van der Waals surface area (Å²) < 4.78 is 13.2. The van der Waals surface area contributed by atoms with Crippen molar-refractivity contribution in [2.45, 2.75) is 51.9 Å². The van der Waals surface area contributed by atoms with Gasteiger partial charge in [0.15, 0.2) is 0 Å². The zero-order valence-corrected chi connectivity index (χ0v) is 22.7. The Labute approximate surface area is 225 Å². The fourth-order valence-corrected chi connectivity index (χ4v) is 4.51. The fraction of sp³-hybridized carbons (Fsp3) is 0.483. The van der Waals surface area contributed by atoms with Crippen LogP contribution in [0.2, 0.25) is 0 Å². The van der Waals surface area contributed by atoms with Gasteiger partial charge in [0.2, 0.25) is 17.7 Å². The van der Waals surface area contributed by atoms with E-state index in [0.29, 0.717) is 39.1 Å². The number of piperazine rings is 1. The number of carbonyl (C=O) groups excluding carboxylic acids is 3. The fourth-order valence-electron chi connectivity index (χ4n) is 4.51. The molecular formula is C29H40FN5O3. The third-order valence-electron chi connectivity index (χ3n) is 6.98. The minimum absolute atomic E-state index is 0.153. The lowest BCUT2D eigenvalue weighted by molar-refractivity contribution is -0.147. The molecule has 3 atom stereocenters. The Hall–Kier alpha value is -3.30. The van der Waals surface area contributed by atoms with E-state index < -0.39 is 18.1 Å². The van der Waals surface area contributed by atoms with Crippen LogP contribution in [-0.4, -0.2) is 78.9 Å². The van der Waals surface area contributed by atoms with Gasteiger partial charge < -0.3 is 20.9 Å². The van der Waals surface area contributed by atoms with Crippen LogP contribution in [0.1, 0.15) is 31.9 Å². The second-order valence-electron chi connectivity index (χ2n) is 10.2. The zero-order chi connectivity index (χ0) is 27.7. The molecule has 0 aromatic heterocycles. The highest BCUT2D eigenvalue weighted by Gasteiger charge is 2.39. The Balaban J connectivity index is 1.74. The summed E-state index contributed by atoms with van der Waals surface area (Å²) in [4.78, 5) is 43.6. The highest BCUT2D eigenvalue weighted by molar-refractivity contribution is 5.93. The van der Waals surface area contributed by atoms with Crippen molar-refractivity contribution in [3.8, 4) is 0 Å². The number of nitrogens with one attached hydrogen (secondary N) is 3. The van der Waals surface area contributed by atoms with Gasteiger partial charge in [-0.15, -0.1) is 0 Å². The monoisotopic (exact) mass is 525 g/mol. The van der Waals surface area contributed by atoms with Crippen LogP contribution in [-0.2, 0) is 27.3 Å². The predicted molar refractivity (Wildman–Crippen MR) is 146 cm³/mol. The number of benzene rings is 2. The molecule has 2 aromatic rings. The first kappa shape index (κ1) is 29.3. The molecule has 3 amide bonds. The van der Waals surface area contributed by atoms with Gasteiger partial charge in [-0.1, -0.05) is 56.3 Å². The van der Waals surface area contributed by atoms with Gasteiger partial charge in [0.25, 0.3) is 0 Å². The van der Waals surface area contributed by atoms with Gasteiger partial charge in [0.1, 0.15) is 17.9 Å². The zero-order valence-electron chi connectivity index (χ0n) is 22.7. The Morgan fingerprint density at radius 3 is 2.29 bits per heavy atom. The second kappa shape index (κ2) is 14.0. The number of rotatable bonds is 11. The quantitative estimate of drug-likeness (QED) is 0.417. The first-order valence-corrected chi connectivity index (χ1v) is 13.3. The van der Waals surface area contributed by atoms with Crippen molar-refractivity contribution in [3.05, 3.63) is 71.5 Å². The lowest BCUT2D eigenvalue weighted by Gasteiger charge is -2.42. The van der Waals surface area contributed by atoms with Crippen molar-refractivity contribution >= 4 is 17.7 Å². The summed E-state index contributed by atoms with van der Waals surface area (Å²) in [5.41, 5.74) is 2.05. The van der Waals surface area contributed by atoms with Crippen LogP contribution in [0.3, 0.4) is 0 Å². The number of likely N-dealkylation sites (N-methyl/N-ethyl adjacent to an activating group) is 1. The highest BCUT2D eigenvalue weighted by atomic mass is 19.1. The van der Waals surface area contributed by atoms with Gasteiger partial charge in [0, 0.05) is 32.7 Å². The first-order valence-electron chi connectivity index (χ1n) is 13.3. The first-order chi connectivity index (χ1) is 18.2. The van der Waals surface area contributed by atoms with Crippen LogP contribution in [0, 0.1) is 11.7 Å². The molecule has 0 radical (unpaired) electrons. The third kappa shape index (κ3) is 8.10. The van der Waals surface area contributed by atoms with Gasteiger partial charge >= 0.3 is 0 Å². The number of amides is 3. The Bertz CT molecular complexity index is 1060. The molecule has 1 saturated heterocycles. The Morgan fingerprint density at radius 1 is 0.974 bits per heavy atom. The summed E-state index contributed by atoms with van der Waals surface area (Å²) in [6.45, 7) is 7.92.